The van der Waals surface area contributed by atoms with Gasteiger partial charge >= 0.3 is 6.18 Å². The molecule has 2 N–H and O–H groups in total. The molecule has 0 saturated heterocycles. The largest absolute Gasteiger partial charge is 0.416 e. The van der Waals surface area contributed by atoms with Crippen LogP contribution in [0.15, 0.2) is 36.4 Å². The second kappa shape index (κ2) is 5.32. The molecule has 0 radical (unpaired) electrons. The first-order valence-corrected chi connectivity index (χ1v) is 5.90. The van der Waals surface area contributed by atoms with Crippen LogP contribution < -0.4 is 10.6 Å². The van der Waals surface area contributed by atoms with Gasteiger partial charge in [-0.15, -0.1) is 0 Å². The molecule has 21 heavy (non-hydrogen) atoms. The third-order valence-corrected chi connectivity index (χ3v) is 2.87. The second-order valence-electron chi connectivity index (χ2n) is 4.36. The number of hydrogen-bond acceptors (Lipinski definition) is 4. The van der Waals surface area contributed by atoms with E-state index in [2.05, 4.69) is 4.98 Å². The van der Waals surface area contributed by atoms with Gasteiger partial charge in [0.05, 0.1) is 17.2 Å². The molecule has 2 aromatic rings. The number of pyridine rings is 1. The molecule has 0 amide bonds. The molecule has 108 valence electrons. The van der Waals surface area contributed by atoms with Gasteiger partial charge in [0.2, 0.25) is 0 Å². The van der Waals surface area contributed by atoms with Gasteiger partial charge in [0.15, 0.2) is 0 Å². The summed E-state index contributed by atoms with van der Waals surface area (Å²) in [5.41, 5.74) is 5.51. The fourth-order valence-corrected chi connectivity index (χ4v) is 1.79. The van der Waals surface area contributed by atoms with Gasteiger partial charge < -0.3 is 10.6 Å². The van der Waals surface area contributed by atoms with E-state index in [9.17, 15) is 13.2 Å². The number of benzene rings is 1. The average Bonchev–Trinajstić information content (AvgIpc) is 2.45. The molecule has 0 unspecified atom stereocenters. The van der Waals surface area contributed by atoms with Crippen LogP contribution in [0.1, 0.15) is 11.1 Å². The topological polar surface area (TPSA) is 65.9 Å². The van der Waals surface area contributed by atoms with Crippen LogP contribution in [0.25, 0.3) is 0 Å². The monoisotopic (exact) mass is 292 g/mol. The van der Waals surface area contributed by atoms with E-state index in [0.717, 1.165) is 12.1 Å². The van der Waals surface area contributed by atoms with Gasteiger partial charge in [0.25, 0.3) is 0 Å². The van der Waals surface area contributed by atoms with Crippen LogP contribution in [0.2, 0.25) is 0 Å². The van der Waals surface area contributed by atoms with Crippen molar-refractivity contribution >= 4 is 17.3 Å². The second-order valence-corrected chi connectivity index (χ2v) is 4.36. The van der Waals surface area contributed by atoms with Crippen LogP contribution in [0, 0.1) is 11.3 Å². The minimum absolute atomic E-state index is 0.0532. The average molecular weight is 292 g/mol. The maximum atomic E-state index is 12.8. The van der Waals surface area contributed by atoms with Crippen LogP contribution in [0.4, 0.5) is 30.5 Å². The van der Waals surface area contributed by atoms with Gasteiger partial charge in [-0.3, -0.25) is 0 Å². The Morgan fingerprint density at radius 2 is 1.95 bits per heavy atom. The Kier molecular flexibility index (Phi) is 3.72. The number of nitrogens with zero attached hydrogens (tertiary/aromatic N) is 3. The molecule has 0 fully saturated rings. The zero-order valence-electron chi connectivity index (χ0n) is 11.0. The third kappa shape index (κ3) is 3.23. The van der Waals surface area contributed by atoms with Crippen LogP contribution in [-0.2, 0) is 6.18 Å². The Labute approximate surface area is 119 Å². The maximum Gasteiger partial charge on any atom is 0.416 e. The number of nitriles is 1. The van der Waals surface area contributed by atoms with Gasteiger partial charge in [-0.25, -0.2) is 4.98 Å². The summed E-state index contributed by atoms with van der Waals surface area (Å²) >= 11 is 0. The van der Waals surface area contributed by atoms with Crippen molar-refractivity contribution in [3.8, 4) is 6.07 Å². The van der Waals surface area contributed by atoms with Crippen LogP contribution >= 0.6 is 0 Å². The van der Waals surface area contributed by atoms with Crippen molar-refractivity contribution in [1.29, 1.82) is 5.26 Å². The molecule has 1 aromatic carbocycles. The number of hydrogen-bond donors (Lipinski definition) is 1. The molecule has 7 heteroatoms. The lowest BCUT2D eigenvalue weighted by atomic mass is 10.2. The molecule has 0 atom stereocenters. The first-order chi connectivity index (χ1) is 9.81. The summed E-state index contributed by atoms with van der Waals surface area (Å²) in [6.07, 6.45) is -4.50. The van der Waals surface area contributed by atoms with Gasteiger partial charge in [-0.2, -0.15) is 18.4 Å². The Morgan fingerprint density at radius 1 is 1.24 bits per heavy atom. The molecule has 0 aliphatic rings. The molecular weight excluding hydrogens is 281 g/mol. The maximum absolute atomic E-state index is 12.8. The highest BCUT2D eigenvalue weighted by atomic mass is 19.4. The standard InChI is InChI=1S/C14H11F3N4/c1-21(11-4-2-3-9(5-11)8-18)13-7-10(14(15,16)17)6-12(19)20-13/h2-7H,1H3,(H2,19,20). The van der Waals surface area contributed by atoms with Gasteiger partial charge in [0, 0.05) is 12.7 Å². The Hall–Kier alpha value is -2.75. The van der Waals surface area contributed by atoms with Crippen molar-refractivity contribution in [2.24, 2.45) is 0 Å². The quantitative estimate of drug-likeness (QED) is 0.922. The number of nitrogens with two attached hydrogens (primary N) is 1. The van der Waals surface area contributed by atoms with Crippen molar-refractivity contribution in [2.45, 2.75) is 6.18 Å². The summed E-state index contributed by atoms with van der Waals surface area (Å²) in [6, 6.07) is 10.1. The Bertz CT molecular complexity index is 704. The van der Waals surface area contributed by atoms with Crippen molar-refractivity contribution < 1.29 is 13.2 Å². The van der Waals surface area contributed by atoms with Crippen molar-refractivity contribution in [1.82, 2.24) is 4.98 Å². The first kappa shape index (κ1) is 14.7. The van der Waals surface area contributed by atoms with E-state index in [4.69, 9.17) is 11.0 Å². The summed E-state index contributed by atoms with van der Waals surface area (Å²) in [5, 5.41) is 8.86. The summed E-state index contributed by atoms with van der Waals surface area (Å²) in [6.45, 7) is 0. The number of nitrogen functional groups attached to an aromatic ring is 1. The lowest BCUT2D eigenvalue weighted by molar-refractivity contribution is -0.137. The number of aromatic nitrogens is 1. The van der Waals surface area contributed by atoms with E-state index < -0.39 is 11.7 Å². The predicted octanol–water partition coefficient (Wildman–Crippen LogP) is 3.32. The van der Waals surface area contributed by atoms with E-state index in [1.54, 1.807) is 31.3 Å². The zero-order chi connectivity index (χ0) is 15.6. The molecule has 0 aliphatic carbocycles. The Morgan fingerprint density at radius 3 is 2.57 bits per heavy atom. The smallest absolute Gasteiger partial charge is 0.384 e. The van der Waals surface area contributed by atoms with E-state index in [0.29, 0.717) is 11.3 Å². The van der Waals surface area contributed by atoms with E-state index in [1.807, 2.05) is 6.07 Å². The van der Waals surface area contributed by atoms with E-state index in [1.165, 1.54) is 4.90 Å². The molecule has 0 saturated carbocycles. The highest BCUT2D eigenvalue weighted by Gasteiger charge is 2.31. The minimum atomic E-state index is -4.50. The van der Waals surface area contributed by atoms with Gasteiger partial charge in [-0.05, 0) is 30.3 Å². The number of halogens is 3. The first-order valence-electron chi connectivity index (χ1n) is 5.90. The van der Waals surface area contributed by atoms with Crippen LogP contribution in [0.3, 0.4) is 0 Å². The highest BCUT2D eigenvalue weighted by molar-refractivity contribution is 5.63. The molecule has 1 aromatic heterocycles. The van der Waals surface area contributed by atoms with Crippen LogP contribution in [-0.4, -0.2) is 12.0 Å². The number of anilines is 3. The highest BCUT2D eigenvalue weighted by Crippen LogP contribution is 2.33. The molecule has 0 aliphatic heterocycles. The molecule has 2 rings (SSSR count). The molecule has 0 bridgehead atoms. The summed E-state index contributed by atoms with van der Waals surface area (Å²) < 4.78 is 38.4. The normalized spacial score (nSPS) is 11.0. The van der Waals surface area contributed by atoms with Crippen LogP contribution in [0.5, 0.6) is 0 Å². The molecule has 0 spiro atoms. The van der Waals surface area contributed by atoms with Crippen molar-refractivity contribution in [3.63, 3.8) is 0 Å². The third-order valence-electron chi connectivity index (χ3n) is 2.87. The zero-order valence-corrected chi connectivity index (χ0v) is 11.0. The lowest BCUT2D eigenvalue weighted by Gasteiger charge is -2.20. The minimum Gasteiger partial charge on any atom is -0.384 e. The summed E-state index contributed by atoms with van der Waals surface area (Å²) in [7, 11) is 1.55. The molecule has 1 heterocycles. The van der Waals surface area contributed by atoms with Crippen molar-refractivity contribution in [3.05, 3.63) is 47.5 Å². The van der Waals surface area contributed by atoms with Gasteiger partial charge in [-0.1, -0.05) is 6.07 Å². The molecular formula is C14H11F3N4. The fourth-order valence-electron chi connectivity index (χ4n) is 1.79. The number of alkyl halides is 3. The predicted molar refractivity (Wildman–Crippen MR) is 72.9 cm³/mol. The summed E-state index contributed by atoms with van der Waals surface area (Å²) in [4.78, 5) is 5.34. The fraction of sp³-hybridized carbons (Fsp3) is 0.143. The lowest BCUT2D eigenvalue weighted by Crippen LogP contribution is -2.15. The van der Waals surface area contributed by atoms with Gasteiger partial charge in [0.1, 0.15) is 11.6 Å². The van der Waals surface area contributed by atoms with Crippen molar-refractivity contribution in [2.75, 3.05) is 17.7 Å². The molecule has 4 nitrogen and oxygen atoms in total. The van der Waals surface area contributed by atoms with E-state index >= 15 is 0 Å². The summed E-state index contributed by atoms with van der Waals surface area (Å²) in [5.74, 6) is -0.166. The number of rotatable bonds is 2. The van der Waals surface area contributed by atoms with E-state index in [-0.39, 0.29) is 11.6 Å². The SMILES string of the molecule is CN(c1cccc(C#N)c1)c1cc(C(F)(F)F)cc(N)n1. The Balaban J connectivity index is 2.46.